The van der Waals surface area contributed by atoms with Crippen LogP contribution in [-0.4, -0.2) is 35.7 Å². The lowest BCUT2D eigenvalue weighted by atomic mass is 10.1. The maximum absolute atomic E-state index is 12.1. The first-order valence-electron chi connectivity index (χ1n) is 6.63. The van der Waals surface area contributed by atoms with Crippen LogP contribution in [0.1, 0.15) is 30.6 Å². The number of hydrogen-bond acceptors (Lipinski definition) is 5. The van der Waals surface area contributed by atoms with E-state index < -0.39 is 16.9 Å². The highest BCUT2D eigenvalue weighted by atomic mass is 16.6. The zero-order valence-corrected chi connectivity index (χ0v) is 12.3. The number of ether oxygens (including phenoxy) is 1. The van der Waals surface area contributed by atoms with Crippen LogP contribution in [0.5, 0.6) is 5.75 Å². The molecule has 2 N–H and O–H groups in total. The molecule has 0 aliphatic rings. The molecule has 0 fully saturated rings. The fourth-order valence-electron chi connectivity index (χ4n) is 1.92. The van der Waals surface area contributed by atoms with E-state index >= 15 is 0 Å². The van der Waals surface area contributed by atoms with Gasteiger partial charge in [0.15, 0.2) is 0 Å². The van der Waals surface area contributed by atoms with E-state index in [1.54, 1.807) is 0 Å². The minimum Gasteiger partial charge on any atom is -0.496 e. The van der Waals surface area contributed by atoms with E-state index in [0.717, 1.165) is 6.07 Å². The number of rotatable bonds is 7. The number of benzene rings is 1. The predicted octanol–water partition coefficient (Wildman–Crippen LogP) is 1.74. The first-order valence-corrected chi connectivity index (χ1v) is 6.63. The van der Waals surface area contributed by atoms with Crippen molar-refractivity contribution in [2.45, 2.75) is 26.4 Å². The summed E-state index contributed by atoms with van der Waals surface area (Å²) in [4.78, 5) is 22.2. The number of carbonyl (C=O) groups excluding carboxylic acids is 1. The number of methoxy groups -OCH3 is 1. The Balaban J connectivity index is 2.81. The number of aliphatic hydroxyl groups excluding tert-OH is 1. The minimum absolute atomic E-state index is 0.0726. The topological polar surface area (TPSA) is 102 Å². The first-order chi connectivity index (χ1) is 9.85. The quantitative estimate of drug-likeness (QED) is 0.589. The second-order valence-corrected chi connectivity index (χ2v) is 5.14. The van der Waals surface area contributed by atoms with Gasteiger partial charge in [-0.2, -0.15) is 0 Å². The molecule has 1 atom stereocenters. The number of carbonyl (C=O) groups is 1. The summed E-state index contributed by atoms with van der Waals surface area (Å²) < 4.78 is 5.03. The molecule has 1 rings (SSSR count). The van der Waals surface area contributed by atoms with Crippen molar-refractivity contribution in [2.75, 3.05) is 13.7 Å². The van der Waals surface area contributed by atoms with Crippen molar-refractivity contribution in [1.29, 1.82) is 0 Å². The van der Waals surface area contributed by atoms with Crippen molar-refractivity contribution in [3.63, 3.8) is 0 Å². The van der Waals surface area contributed by atoms with Crippen LogP contribution in [0.2, 0.25) is 0 Å². The number of hydrogen-bond donors (Lipinski definition) is 2. The molecule has 1 amide bonds. The first kappa shape index (κ1) is 16.9. The third-order valence-electron chi connectivity index (χ3n) is 2.88. The zero-order chi connectivity index (χ0) is 16.0. The van der Waals surface area contributed by atoms with Gasteiger partial charge in [0.2, 0.25) is 0 Å². The molecule has 0 bridgehead atoms. The molecule has 116 valence electrons. The summed E-state index contributed by atoms with van der Waals surface area (Å²) in [6.45, 7) is 4.02. The molecule has 0 radical (unpaired) electrons. The molecule has 0 aliphatic carbocycles. The van der Waals surface area contributed by atoms with Crippen molar-refractivity contribution in [1.82, 2.24) is 5.32 Å². The normalized spacial score (nSPS) is 12.0. The highest BCUT2D eigenvalue weighted by Crippen LogP contribution is 2.23. The Morgan fingerprint density at radius 3 is 2.67 bits per heavy atom. The molecular formula is C14H20N2O5. The molecule has 7 heteroatoms. The fourth-order valence-corrected chi connectivity index (χ4v) is 1.92. The average Bonchev–Trinajstić information content (AvgIpc) is 2.43. The smallest absolute Gasteiger partial charge is 0.270 e. The van der Waals surface area contributed by atoms with Gasteiger partial charge in [-0.1, -0.05) is 13.8 Å². The Bertz CT molecular complexity index is 516. The molecule has 1 aromatic rings. The lowest BCUT2D eigenvalue weighted by Gasteiger charge is -2.14. The summed E-state index contributed by atoms with van der Waals surface area (Å²) in [5, 5.41) is 23.0. The molecule has 0 saturated heterocycles. The zero-order valence-electron chi connectivity index (χ0n) is 12.3. The van der Waals surface area contributed by atoms with Gasteiger partial charge in [0.25, 0.3) is 11.6 Å². The van der Waals surface area contributed by atoms with Gasteiger partial charge in [0, 0.05) is 18.7 Å². The number of non-ortho nitro benzene ring substituents is 1. The van der Waals surface area contributed by atoms with Crippen molar-refractivity contribution in [2.24, 2.45) is 5.92 Å². The molecule has 0 saturated carbocycles. The van der Waals surface area contributed by atoms with Crippen LogP contribution < -0.4 is 10.1 Å². The van der Waals surface area contributed by atoms with Crippen LogP contribution >= 0.6 is 0 Å². The highest BCUT2D eigenvalue weighted by molar-refractivity contribution is 5.97. The summed E-state index contributed by atoms with van der Waals surface area (Å²) >= 11 is 0. The van der Waals surface area contributed by atoms with Crippen molar-refractivity contribution in [3.05, 3.63) is 33.9 Å². The van der Waals surface area contributed by atoms with Gasteiger partial charge in [0.1, 0.15) is 5.75 Å². The van der Waals surface area contributed by atoms with Crippen LogP contribution in [-0.2, 0) is 0 Å². The largest absolute Gasteiger partial charge is 0.496 e. The number of nitrogens with one attached hydrogen (secondary N) is 1. The second kappa shape index (κ2) is 7.58. The van der Waals surface area contributed by atoms with Crippen molar-refractivity contribution in [3.8, 4) is 5.75 Å². The summed E-state index contributed by atoms with van der Waals surface area (Å²) in [6.07, 6.45) is -0.0922. The number of nitro benzene ring substituents is 1. The molecule has 1 aromatic carbocycles. The third-order valence-corrected chi connectivity index (χ3v) is 2.88. The lowest BCUT2D eigenvalue weighted by Crippen LogP contribution is -2.33. The van der Waals surface area contributed by atoms with Gasteiger partial charge in [-0.15, -0.1) is 0 Å². The Morgan fingerprint density at radius 2 is 2.14 bits per heavy atom. The van der Waals surface area contributed by atoms with Gasteiger partial charge in [0.05, 0.1) is 23.7 Å². The number of amides is 1. The fraction of sp³-hybridized carbons (Fsp3) is 0.500. The number of nitrogens with zero attached hydrogens (tertiary/aromatic N) is 1. The molecule has 1 unspecified atom stereocenters. The van der Waals surface area contributed by atoms with Gasteiger partial charge in [-0.05, 0) is 18.4 Å². The molecule has 21 heavy (non-hydrogen) atoms. The maximum atomic E-state index is 12.1. The summed E-state index contributed by atoms with van der Waals surface area (Å²) in [6, 6.07) is 3.80. The summed E-state index contributed by atoms with van der Waals surface area (Å²) in [5.41, 5.74) is -0.118. The minimum atomic E-state index is -0.654. The van der Waals surface area contributed by atoms with Crippen LogP contribution in [0.25, 0.3) is 0 Å². The molecule has 0 aromatic heterocycles. The summed E-state index contributed by atoms with van der Waals surface area (Å²) in [7, 11) is 1.38. The van der Waals surface area contributed by atoms with E-state index in [0.29, 0.717) is 12.3 Å². The van der Waals surface area contributed by atoms with E-state index in [-0.39, 0.29) is 23.5 Å². The van der Waals surface area contributed by atoms with Crippen LogP contribution in [0.15, 0.2) is 18.2 Å². The maximum Gasteiger partial charge on any atom is 0.270 e. The van der Waals surface area contributed by atoms with E-state index in [9.17, 15) is 20.0 Å². The van der Waals surface area contributed by atoms with Crippen molar-refractivity contribution < 1.29 is 19.6 Å². The average molecular weight is 296 g/mol. The highest BCUT2D eigenvalue weighted by Gasteiger charge is 2.18. The molecule has 0 aliphatic heterocycles. The molecule has 7 nitrogen and oxygen atoms in total. The van der Waals surface area contributed by atoms with Gasteiger partial charge in [-0.3, -0.25) is 14.9 Å². The Hall–Kier alpha value is -2.15. The monoisotopic (exact) mass is 296 g/mol. The standard InChI is InChI=1S/C14H20N2O5/c1-9(2)6-11(17)8-15-14(18)12-7-10(16(19)20)4-5-13(12)21-3/h4-5,7,9,11,17H,6,8H2,1-3H3,(H,15,18). The second-order valence-electron chi connectivity index (χ2n) is 5.14. The van der Waals surface area contributed by atoms with Crippen LogP contribution in [0.4, 0.5) is 5.69 Å². The van der Waals surface area contributed by atoms with E-state index in [2.05, 4.69) is 5.32 Å². The molecular weight excluding hydrogens is 276 g/mol. The predicted molar refractivity (Wildman–Crippen MR) is 77.4 cm³/mol. The van der Waals surface area contributed by atoms with Gasteiger partial charge in [-0.25, -0.2) is 0 Å². The van der Waals surface area contributed by atoms with Crippen LogP contribution in [0.3, 0.4) is 0 Å². The number of aliphatic hydroxyl groups is 1. The Labute approximate surface area is 123 Å². The third kappa shape index (κ3) is 5.03. The summed E-state index contributed by atoms with van der Waals surface area (Å²) in [5.74, 6) is 0.0408. The Kier molecular flexibility index (Phi) is 6.10. The van der Waals surface area contributed by atoms with E-state index in [4.69, 9.17) is 4.74 Å². The van der Waals surface area contributed by atoms with E-state index in [1.165, 1.54) is 19.2 Å². The molecule has 0 heterocycles. The lowest BCUT2D eigenvalue weighted by molar-refractivity contribution is -0.384. The Morgan fingerprint density at radius 1 is 1.48 bits per heavy atom. The van der Waals surface area contributed by atoms with E-state index in [1.807, 2.05) is 13.8 Å². The van der Waals surface area contributed by atoms with Gasteiger partial charge >= 0.3 is 0 Å². The van der Waals surface area contributed by atoms with Crippen molar-refractivity contribution >= 4 is 11.6 Å². The van der Waals surface area contributed by atoms with Crippen LogP contribution in [0, 0.1) is 16.0 Å². The number of nitro groups is 1. The van der Waals surface area contributed by atoms with Gasteiger partial charge < -0.3 is 15.2 Å². The molecule has 0 spiro atoms. The SMILES string of the molecule is COc1ccc([N+](=O)[O-])cc1C(=O)NCC(O)CC(C)C.